The third-order valence-electron chi connectivity index (χ3n) is 8.17. The van der Waals surface area contributed by atoms with E-state index >= 15 is 0 Å². The molecule has 39 heavy (non-hydrogen) atoms. The highest BCUT2D eigenvalue weighted by molar-refractivity contribution is 5.97. The number of carbonyl (C=O) groups is 1. The lowest BCUT2D eigenvalue weighted by Crippen LogP contribution is -2.56. The summed E-state index contributed by atoms with van der Waals surface area (Å²) in [7, 11) is 0. The number of nitrogens with zero attached hydrogens (tertiary/aromatic N) is 1. The van der Waals surface area contributed by atoms with Crippen molar-refractivity contribution in [3.8, 4) is 5.75 Å². The molecule has 9 nitrogen and oxygen atoms in total. The SMILES string of the molecule is Cc1cc(C)c(CNC(=O)c2cc(OC3CC(N4CC(C)OC(C)C4)C3)cc(NC3CCOC3)c2C)c(=O)[nH]1. The summed E-state index contributed by atoms with van der Waals surface area (Å²) in [5.41, 5.74) is 4.32. The number of morpholine rings is 1. The van der Waals surface area contributed by atoms with E-state index in [0.29, 0.717) is 29.5 Å². The quantitative estimate of drug-likeness (QED) is 0.473. The van der Waals surface area contributed by atoms with Crippen molar-refractivity contribution in [1.82, 2.24) is 15.2 Å². The minimum absolute atomic E-state index is 0.110. The highest BCUT2D eigenvalue weighted by atomic mass is 16.5. The molecular weight excluding hydrogens is 496 g/mol. The van der Waals surface area contributed by atoms with Crippen LogP contribution < -0.4 is 20.9 Å². The Morgan fingerprint density at radius 3 is 2.54 bits per heavy atom. The molecule has 3 heterocycles. The summed E-state index contributed by atoms with van der Waals surface area (Å²) >= 11 is 0. The average Bonchev–Trinajstić information content (AvgIpc) is 3.34. The number of hydrogen-bond acceptors (Lipinski definition) is 7. The number of H-pyrrole nitrogens is 1. The molecular formula is C30H42N4O5. The van der Waals surface area contributed by atoms with Crippen LogP contribution in [-0.2, 0) is 16.0 Å². The lowest BCUT2D eigenvalue weighted by molar-refractivity contribution is -0.103. The smallest absolute Gasteiger partial charge is 0.253 e. The third kappa shape index (κ3) is 6.48. The Balaban J connectivity index is 1.30. The van der Waals surface area contributed by atoms with Crippen LogP contribution >= 0.6 is 0 Å². The fourth-order valence-electron chi connectivity index (χ4n) is 6.02. The molecule has 9 heteroatoms. The number of hydrogen-bond donors (Lipinski definition) is 3. The Morgan fingerprint density at radius 2 is 1.87 bits per heavy atom. The predicted octanol–water partition coefficient (Wildman–Crippen LogP) is 3.45. The number of aryl methyl sites for hydroxylation is 2. The van der Waals surface area contributed by atoms with Crippen LogP contribution in [0.2, 0.25) is 0 Å². The summed E-state index contributed by atoms with van der Waals surface area (Å²) in [6.45, 7) is 13.4. The first-order chi connectivity index (χ1) is 18.7. The molecule has 2 aromatic rings. The number of amides is 1. The molecule has 3 N–H and O–H groups in total. The first-order valence-corrected chi connectivity index (χ1v) is 14.2. The van der Waals surface area contributed by atoms with Gasteiger partial charge in [-0.05, 0) is 64.3 Å². The maximum Gasteiger partial charge on any atom is 0.253 e. The highest BCUT2D eigenvalue weighted by Crippen LogP contribution is 2.34. The van der Waals surface area contributed by atoms with E-state index in [2.05, 4.69) is 34.4 Å². The maximum absolute atomic E-state index is 13.4. The molecule has 1 aliphatic carbocycles. The number of carbonyl (C=O) groups excluding carboxylic acids is 1. The van der Waals surface area contributed by atoms with Crippen LogP contribution in [0.5, 0.6) is 5.75 Å². The minimum atomic E-state index is -0.231. The molecule has 0 bridgehead atoms. The Kier molecular flexibility index (Phi) is 8.30. The third-order valence-corrected chi connectivity index (χ3v) is 8.17. The molecule has 1 amide bonds. The summed E-state index contributed by atoms with van der Waals surface area (Å²) in [6.07, 6.45) is 3.45. The monoisotopic (exact) mass is 538 g/mol. The summed E-state index contributed by atoms with van der Waals surface area (Å²) in [6, 6.07) is 6.45. The van der Waals surface area contributed by atoms with Crippen molar-refractivity contribution in [3.63, 3.8) is 0 Å². The van der Waals surface area contributed by atoms with E-state index in [1.54, 1.807) is 0 Å². The molecule has 1 aromatic carbocycles. The second kappa shape index (κ2) is 11.7. The van der Waals surface area contributed by atoms with E-state index in [0.717, 1.165) is 61.5 Å². The standard InChI is InChI=1S/C30H42N4O5/c1-17-8-18(2)32-30(36)27(17)13-31-29(35)26-11-25(12-28(21(26)5)33-22-6-7-37-16-22)39-24-9-23(10-24)34-14-19(3)38-20(4)15-34/h8,11-12,19-20,22-24,33H,6-7,9-10,13-16H2,1-5H3,(H,31,35)(H,32,36). The van der Waals surface area contributed by atoms with Gasteiger partial charge in [0.1, 0.15) is 11.9 Å². The van der Waals surface area contributed by atoms with Crippen molar-refractivity contribution in [1.29, 1.82) is 0 Å². The number of pyridine rings is 1. The normalized spacial score (nSPS) is 27.2. The largest absolute Gasteiger partial charge is 0.490 e. The summed E-state index contributed by atoms with van der Waals surface area (Å²) in [4.78, 5) is 31.2. The number of ether oxygens (including phenoxy) is 3. The fraction of sp³-hybridized carbons (Fsp3) is 0.600. The van der Waals surface area contributed by atoms with Crippen molar-refractivity contribution in [2.75, 3.05) is 31.6 Å². The van der Waals surface area contributed by atoms with E-state index in [9.17, 15) is 9.59 Å². The minimum Gasteiger partial charge on any atom is -0.490 e. The van der Waals surface area contributed by atoms with E-state index in [1.807, 2.05) is 39.0 Å². The van der Waals surface area contributed by atoms with Gasteiger partial charge >= 0.3 is 0 Å². The number of aromatic nitrogens is 1. The first kappa shape index (κ1) is 27.7. The zero-order valence-corrected chi connectivity index (χ0v) is 23.8. The van der Waals surface area contributed by atoms with Crippen LogP contribution in [0.25, 0.3) is 0 Å². The molecule has 0 spiro atoms. The zero-order valence-electron chi connectivity index (χ0n) is 23.8. The van der Waals surface area contributed by atoms with E-state index in [1.165, 1.54) is 0 Å². The van der Waals surface area contributed by atoms with Crippen LogP contribution in [0.4, 0.5) is 5.69 Å². The Bertz CT molecular complexity index is 1240. The highest BCUT2D eigenvalue weighted by Gasteiger charge is 2.38. The van der Waals surface area contributed by atoms with Gasteiger partial charge in [-0.25, -0.2) is 0 Å². The summed E-state index contributed by atoms with van der Waals surface area (Å²) < 4.78 is 17.9. The van der Waals surface area contributed by atoms with Gasteiger partial charge in [0.05, 0.1) is 24.9 Å². The van der Waals surface area contributed by atoms with Crippen molar-refractivity contribution in [2.45, 2.75) is 90.8 Å². The molecule has 5 rings (SSSR count). The zero-order chi connectivity index (χ0) is 27.7. The van der Waals surface area contributed by atoms with Crippen molar-refractivity contribution < 1.29 is 19.0 Å². The topological polar surface area (TPSA) is 105 Å². The molecule has 212 valence electrons. The molecule has 2 aliphatic heterocycles. The predicted molar refractivity (Wildman–Crippen MR) is 151 cm³/mol. The van der Waals surface area contributed by atoms with Crippen LogP contribution in [0.15, 0.2) is 23.0 Å². The molecule has 1 saturated carbocycles. The van der Waals surface area contributed by atoms with Crippen LogP contribution in [0, 0.1) is 20.8 Å². The van der Waals surface area contributed by atoms with Crippen LogP contribution in [0.1, 0.15) is 65.9 Å². The summed E-state index contributed by atoms with van der Waals surface area (Å²) in [5.74, 6) is 0.453. The Morgan fingerprint density at radius 1 is 1.13 bits per heavy atom. The van der Waals surface area contributed by atoms with Crippen LogP contribution in [-0.4, -0.2) is 72.5 Å². The van der Waals surface area contributed by atoms with Gasteiger partial charge in [0, 0.05) is 73.7 Å². The molecule has 0 radical (unpaired) electrons. The number of rotatable bonds is 8. The Labute approximate surface area is 230 Å². The maximum atomic E-state index is 13.4. The van der Waals surface area contributed by atoms with Crippen LogP contribution in [0.3, 0.4) is 0 Å². The van der Waals surface area contributed by atoms with Gasteiger partial charge < -0.3 is 29.8 Å². The Hall–Kier alpha value is -2.88. The van der Waals surface area contributed by atoms with Gasteiger partial charge in [0.15, 0.2) is 0 Å². The molecule has 3 aliphatic rings. The van der Waals surface area contributed by atoms with Gasteiger partial charge in [-0.3, -0.25) is 14.5 Å². The summed E-state index contributed by atoms with van der Waals surface area (Å²) in [5, 5.41) is 6.52. The lowest BCUT2D eigenvalue weighted by atomic mass is 9.87. The number of anilines is 1. The first-order valence-electron chi connectivity index (χ1n) is 14.2. The number of nitrogens with one attached hydrogen (secondary N) is 3. The van der Waals surface area contributed by atoms with Gasteiger partial charge in [-0.2, -0.15) is 0 Å². The van der Waals surface area contributed by atoms with Gasteiger partial charge in [-0.15, -0.1) is 0 Å². The van der Waals surface area contributed by atoms with Crippen molar-refractivity contribution in [3.05, 3.63) is 56.5 Å². The fourth-order valence-corrected chi connectivity index (χ4v) is 6.02. The van der Waals surface area contributed by atoms with Gasteiger partial charge in [0.2, 0.25) is 0 Å². The molecule has 3 atom stereocenters. The molecule has 3 fully saturated rings. The lowest BCUT2D eigenvalue weighted by Gasteiger charge is -2.46. The molecule has 3 unspecified atom stereocenters. The van der Waals surface area contributed by atoms with E-state index < -0.39 is 0 Å². The van der Waals surface area contributed by atoms with Gasteiger partial charge in [-0.1, -0.05) is 0 Å². The van der Waals surface area contributed by atoms with Crippen molar-refractivity contribution >= 4 is 11.6 Å². The molecule has 1 aromatic heterocycles. The number of benzene rings is 1. The van der Waals surface area contributed by atoms with E-state index in [-0.39, 0.29) is 42.4 Å². The van der Waals surface area contributed by atoms with E-state index in [4.69, 9.17) is 14.2 Å². The molecule has 2 saturated heterocycles. The van der Waals surface area contributed by atoms with Gasteiger partial charge in [0.25, 0.3) is 11.5 Å². The number of aromatic amines is 1. The second-order valence-electron chi connectivity index (χ2n) is 11.6. The second-order valence-corrected chi connectivity index (χ2v) is 11.6. The van der Waals surface area contributed by atoms with Crippen molar-refractivity contribution in [2.24, 2.45) is 0 Å². The average molecular weight is 539 g/mol.